The quantitative estimate of drug-likeness (QED) is 0.284. The molecule has 1 fully saturated rings. The van der Waals surface area contributed by atoms with Crippen molar-refractivity contribution in [3.63, 3.8) is 0 Å². The van der Waals surface area contributed by atoms with Gasteiger partial charge in [-0.15, -0.1) is 0 Å². The molecule has 0 bridgehead atoms. The van der Waals surface area contributed by atoms with Gasteiger partial charge < -0.3 is 0 Å². The van der Waals surface area contributed by atoms with Crippen LogP contribution in [-0.2, 0) is 6.42 Å². The van der Waals surface area contributed by atoms with E-state index in [1.54, 1.807) is 0 Å². The second-order valence-electron chi connectivity index (χ2n) is 8.46. The fraction of sp³-hybridized carbons (Fsp3) is 0.571. The van der Waals surface area contributed by atoms with Crippen LogP contribution in [-0.4, -0.2) is 0 Å². The molecule has 1 aromatic rings. The van der Waals surface area contributed by atoms with E-state index in [1.165, 1.54) is 81.8 Å². The molecule has 0 atom stereocenters. The summed E-state index contributed by atoms with van der Waals surface area (Å²) in [5.41, 5.74) is 2.64. The van der Waals surface area contributed by atoms with Crippen molar-refractivity contribution in [1.29, 1.82) is 0 Å². The van der Waals surface area contributed by atoms with Crippen molar-refractivity contribution in [1.82, 2.24) is 0 Å². The summed E-state index contributed by atoms with van der Waals surface area (Å²) in [5, 5.41) is 0. The Morgan fingerprint density at radius 1 is 0.821 bits per heavy atom. The zero-order valence-corrected chi connectivity index (χ0v) is 18.3. The van der Waals surface area contributed by atoms with Gasteiger partial charge in [-0.1, -0.05) is 101 Å². The number of hydrogen-bond donors (Lipinski definition) is 0. The molecule has 0 unspecified atom stereocenters. The van der Waals surface area contributed by atoms with Crippen LogP contribution in [0.5, 0.6) is 0 Å². The average Bonchev–Trinajstić information content (AvgIpc) is 2.73. The van der Waals surface area contributed by atoms with Crippen LogP contribution < -0.4 is 0 Å². The van der Waals surface area contributed by atoms with E-state index in [9.17, 15) is 0 Å². The second kappa shape index (κ2) is 14.3. The maximum atomic E-state index is 3.18. The lowest BCUT2D eigenvalue weighted by molar-refractivity contribution is 0.288. The zero-order valence-electron chi connectivity index (χ0n) is 18.3. The summed E-state index contributed by atoms with van der Waals surface area (Å²) in [6.07, 6.45) is 25.0. The van der Waals surface area contributed by atoms with Crippen molar-refractivity contribution in [2.24, 2.45) is 11.8 Å². The van der Waals surface area contributed by atoms with Crippen LogP contribution in [0.15, 0.2) is 42.5 Å². The maximum absolute atomic E-state index is 3.18. The summed E-state index contributed by atoms with van der Waals surface area (Å²) in [6.45, 7) is 4.51. The highest BCUT2D eigenvalue weighted by Gasteiger charge is 2.18. The van der Waals surface area contributed by atoms with Crippen LogP contribution in [0.4, 0.5) is 0 Å². The fourth-order valence-corrected chi connectivity index (χ4v) is 4.21. The van der Waals surface area contributed by atoms with Gasteiger partial charge in [-0.05, 0) is 73.3 Å². The third-order valence-corrected chi connectivity index (χ3v) is 6.02. The second-order valence-corrected chi connectivity index (χ2v) is 8.46. The third-order valence-electron chi connectivity index (χ3n) is 6.02. The standard InChI is InChI=1S/C28H40/c1-3-5-6-7-10-14-27-21-23-28(24-22-27)16-12-9-8-11-15-26-19-17-25(13-4-2)18-20-26/h11-12,15-20,27-28H,3-7,10,13-14,21-24H2,1-2H3/b15-11+,16-12+. The molecule has 1 aliphatic rings. The summed E-state index contributed by atoms with van der Waals surface area (Å²) >= 11 is 0. The van der Waals surface area contributed by atoms with Crippen molar-refractivity contribution in [3.8, 4) is 11.8 Å². The average molecular weight is 377 g/mol. The number of unbranched alkanes of at least 4 members (excludes halogenated alkanes) is 4. The molecule has 0 nitrogen and oxygen atoms in total. The number of benzene rings is 1. The monoisotopic (exact) mass is 376 g/mol. The predicted octanol–water partition coefficient (Wildman–Crippen LogP) is 8.38. The van der Waals surface area contributed by atoms with E-state index < -0.39 is 0 Å². The Kier molecular flexibility index (Phi) is 11.5. The van der Waals surface area contributed by atoms with Gasteiger partial charge in [0, 0.05) is 0 Å². The minimum absolute atomic E-state index is 0.751. The van der Waals surface area contributed by atoms with Crippen molar-refractivity contribution in [2.45, 2.75) is 90.9 Å². The Morgan fingerprint density at radius 3 is 2.25 bits per heavy atom. The fourth-order valence-electron chi connectivity index (χ4n) is 4.21. The molecule has 1 aliphatic carbocycles. The van der Waals surface area contributed by atoms with Gasteiger partial charge in [0.25, 0.3) is 0 Å². The summed E-state index contributed by atoms with van der Waals surface area (Å²) in [5.74, 6) is 8.07. The minimum atomic E-state index is 0.751. The molecule has 0 radical (unpaired) electrons. The van der Waals surface area contributed by atoms with E-state index in [-0.39, 0.29) is 0 Å². The van der Waals surface area contributed by atoms with Gasteiger partial charge in [-0.3, -0.25) is 0 Å². The third kappa shape index (κ3) is 9.45. The van der Waals surface area contributed by atoms with E-state index in [0.717, 1.165) is 18.3 Å². The highest BCUT2D eigenvalue weighted by molar-refractivity contribution is 5.53. The van der Waals surface area contributed by atoms with Crippen molar-refractivity contribution < 1.29 is 0 Å². The molecule has 0 heterocycles. The highest BCUT2D eigenvalue weighted by atomic mass is 14.2. The Morgan fingerprint density at radius 2 is 1.54 bits per heavy atom. The lowest BCUT2D eigenvalue weighted by Crippen LogP contribution is -2.12. The zero-order chi connectivity index (χ0) is 19.9. The number of rotatable bonds is 10. The lowest BCUT2D eigenvalue weighted by Gasteiger charge is -2.26. The van der Waals surface area contributed by atoms with Crippen molar-refractivity contribution >= 4 is 6.08 Å². The number of allylic oxidation sites excluding steroid dienone is 3. The van der Waals surface area contributed by atoms with Crippen LogP contribution >= 0.6 is 0 Å². The van der Waals surface area contributed by atoms with Gasteiger partial charge in [-0.25, -0.2) is 0 Å². The number of aryl methyl sites for hydroxylation is 1. The molecule has 0 N–H and O–H groups in total. The summed E-state index contributed by atoms with van der Waals surface area (Å²) in [6, 6.07) is 8.80. The van der Waals surface area contributed by atoms with Crippen LogP contribution in [0.3, 0.4) is 0 Å². The first-order valence-corrected chi connectivity index (χ1v) is 11.7. The first-order valence-electron chi connectivity index (χ1n) is 11.7. The predicted molar refractivity (Wildman–Crippen MR) is 125 cm³/mol. The minimum Gasteiger partial charge on any atom is -0.0730 e. The van der Waals surface area contributed by atoms with Gasteiger partial charge in [0.1, 0.15) is 0 Å². The largest absolute Gasteiger partial charge is 0.0730 e. The molecule has 0 aromatic heterocycles. The van der Waals surface area contributed by atoms with Crippen LogP contribution in [0.2, 0.25) is 0 Å². The van der Waals surface area contributed by atoms with Gasteiger partial charge in [0.2, 0.25) is 0 Å². The van der Waals surface area contributed by atoms with E-state index in [0.29, 0.717) is 0 Å². The number of hydrogen-bond acceptors (Lipinski definition) is 0. The smallest absolute Gasteiger partial charge is 0.0109 e. The Bertz CT molecular complexity index is 627. The molecule has 0 spiro atoms. The maximum Gasteiger partial charge on any atom is -0.0109 e. The Hall–Kier alpha value is -1.74. The molecule has 0 aliphatic heterocycles. The van der Waals surface area contributed by atoms with Crippen LogP contribution in [0, 0.1) is 23.7 Å². The molecular formula is C28H40. The topological polar surface area (TPSA) is 0 Å². The molecule has 28 heavy (non-hydrogen) atoms. The first-order chi connectivity index (χ1) is 13.8. The van der Waals surface area contributed by atoms with Gasteiger partial charge in [0.15, 0.2) is 0 Å². The first kappa shape index (κ1) is 22.5. The van der Waals surface area contributed by atoms with Crippen LogP contribution in [0.25, 0.3) is 6.08 Å². The van der Waals surface area contributed by atoms with Gasteiger partial charge in [-0.2, -0.15) is 0 Å². The van der Waals surface area contributed by atoms with Crippen molar-refractivity contribution in [3.05, 3.63) is 53.6 Å². The summed E-state index contributed by atoms with van der Waals surface area (Å²) in [4.78, 5) is 0. The van der Waals surface area contributed by atoms with Crippen molar-refractivity contribution in [2.75, 3.05) is 0 Å². The molecule has 1 saturated carbocycles. The lowest BCUT2D eigenvalue weighted by atomic mass is 9.79. The molecule has 0 saturated heterocycles. The summed E-state index contributed by atoms with van der Waals surface area (Å²) < 4.78 is 0. The Labute approximate surface area is 174 Å². The molecule has 0 amide bonds. The molecule has 0 heteroatoms. The van der Waals surface area contributed by atoms with E-state index in [1.807, 2.05) is 6.08 Å². The van der Waals surface area contributed by atoms with E-state index in [4.69, 9.17) is 0 Å². The molecular weight excluding hydrogens is 336 g/mol. The normalized spacial score (nSPS) is 19.8. The van der Waals surface area contributed by atoms with E-state index in [2.05, 4.69) is 68.2 Å². The van der Waals surface area contributed by atoms with Gasteiger partial charge in [0.05, 0.1) is 0 Å². The van der Waals surface area contributed by atoms with Crippen LogP contribution in [0.1, 0.15) is 95.6 Å². The Balaban J connectivity index is 1.62. The summed E-state index contributed by atoms with van der Waals surface area (Å²) in [7, 11) is 0. The highest BCUT2D eigenvalue weighted by Crippen LogP contribution is 2.32. The van der Waals surface area contributed by atoms with Gasteiger partial charge >= 0.3 is 0 Å². The van der Waals surface area contributed by atoms with E-state index >= 15 is 0 Å². The SMILES string of the molecule is CCCCCCCC1CCC(/C=C/C#C/C=C/c2ccc(CCC)cc2)CC1. The molecule has 2 rings (SSSR count). The molecule has 152 valence electrons. The molecule has 1 aromatic carbocycles.